The molecule has 3 aliphatic heterocycles. The van der Waals surface area contributed by atoms with Crippen LogP contribution in [0.4, 0.5) is 0 Å². The average Bonchev–Trinajstić information content (AvgIpc) is 2.74. The summed E-state index contributed by atoms with van der Waals surface area (Å²) >= 11 is 0. The molecule has 0 radical (unpaired) electrons. The molecule has 3 heterocycles. The fraction of sp³-hybridized carbons (Fsp3) is 1.00. The molecule has 3 heteroatoms. The highest BCUT2D eigenvalue weighted by molar-refractivity contribution is 4.95. The lowest BCUT2D eigenvalue weighted by Crippen LogP contribution is -2.52. The minimum Gasteiger partial charge on any atom is -0.315 e. The molecule has 3 unspecified atom stereocenters. The van der Waals surface area contributed by atoms with Gasteiger partial charge in [0.1, 0.15) is 0 Å². The number of piperidine rings is 2. The van der Waals surface area contributed by atoms with E-state index in [9.17, 15) is 0 Å². The van der Waals surface area contributed by atoms with Crippen molar-refractivity contribution in [3.8, 4) is 0 Å². The van der Waals surface area contributed by atoms with Crippen molar-refractivity contribution in [2.75, 3.05) is 26.2 Å². The molecule has 3 atom stereocenters. The van der Waals surface area contributed by atoms with Crippen LogP contribution in [0.2, 0.25) is 0 Å². The maximum atomic E-state index is 3.91. The Morgan fingerprint density at radius 2 is 2.00 bits per heavy atom. The van der Waals surface area contributed by atoms with Crippen molar-refractivity contribution in [2.45, 2.75) is 56.7 Å². The quantitative estimate of drug-likeness (QED) is 0.730. The Bertz CT molecular complexity index is 225. The molecule has 3 rings (SSSR count). The molecule has 3 nitrogen and oxygen atoms in total. The third-order valence-electron chi connectivity index (χ3n) is 4.60. The van der Waals surface area contributed by atoms with Gasteiger partial charge < -0.3 is 10.6 Å². The van der Waals surface area contributed by atoms with Crippen LogP contribution in [-0.4, -0.2) is 49.2 Å². The van der Waals surface area contributed by atoms with Crippen LogP contribution in [0.15, 0.2) is 0 Å². The Kier molecular flexibility index (Phi) is 3.46. The molecule has 0 spiro atoms. The zero-order valence-electron chi connectivity index (χ0n) is 10.3. The van der Waals surface area contributed by atoms with Crippen molar-refractivity contribution in [1.82, 2.24) is 15.5 Å². The predicted octanol–water partition coefficient (Wildman–Crippen LogP) is 0.955. The highest BCUT2D eigenvalue weighted by atomic mass is 15.2. The first-order valence-corrected chi connectivity index (χ1v) is 7.14. The second-order valence-electron chi connectivity index (χ2n) is 5.70. The van der Waals surface area contributed by atoms with Crippen LogP contribution in [0.3, 0.4) is 0 Å². The number of nitrogens with one attached hydrogen (secondary N) is 2. The van der Waals surface area contributed by atoms with E-state index >= 15 is 0 Å². The first kappa shape index (κ1) is 11.0. The minimum absolute atomic E-state index is 0.737. The van der Waals surface area contributed by atoms with Gasteiger partial charge in [-0.05, 0) is 45.2 Å². The van der Waals surface area contributed by atoms with E-state index in [1.807, 2.05) is 0 Å². The van der Waals surface area contributed by atoms with Gasteiger partial charge in [0.25, 0.3) is 0 Å². The summed E-state index contributed by atoms with van der Waals surface area (Å²) in [5, 5.41) is 7.42. The largest absolute Gasteiger partial charge is 0.315 e. The Morgan fingerprint density at radius 1 is 1.00 bits per heavy atom. The van der Waals surface area contributed by atoms with Crippen LogP contribution in [0.1, 0.15) is 38.5 Å². The molecule has 3 aliphatic rings. The van der Waals surface area contributed by atoms with Crippen molar-refractivity contribution in [1.29, 1.82) is 0 Å². The van der Waals surface area contributed by atoms with Gasteiger partial charge in [-0.15, -0.1) is 0 Å². The molecule has 16 heavy (non-hydrogen) atoms. The second kappa shape index (κ2) is 5.03. The van der Waals surface area contributed by atoms with Crippen LogP contribution in [0, 0.1) is 0 Å². The van der Waals surface area contributed by atoms with Gasteiger partial charge in [-0.2, -0.15) is 0 Å². The molecule has 2 N–H and O–H groups in total. The zero-order valence-corrected chi connectivity index (χ0v) is 10.3. The van der Waals surface area contributed by atoms with Gasteiger partial charge in [-0.3, -0.25) is 4.90 Å². The molecule has 0 aromatic heterocycles. The number of nitrogens with zero attached hydrogens (tertiary/aromatic N) is 1. The Labute approximate surface area is 99.0 Å². The smallest absolute Gasteiger partial charge is 0.0249 e. The van der Waals surface area contributed by atoms with Crippen LogP contribution in [-0.2, 0) is 0 Å². The third kappa shape index (κ3) is 2.27. The van der Waals surface area contributed by atoms with Gasteiger partial charge >= 0.3 is 0 Å². The van der Waals surface area contributed by atoms with Crippen molar-refractivity contribution >= 4 is 0 Å². The van der Waals surface area contributed by atoms with E-state index in [0.717, 1.165) is 18.1 Å². The van der Waals surface area contributed by atoms with E-state index in [4.69, 9.17) is 0 Å². The Balaban J connectivity index is 1.54. The fourth-order valence-corrected chi connectivity index (χ4v) is 3.74. The molecular weight excluding hydrogens is 198 g/mol. The summed E-state index contributed by atoms with van der Waals surface area (Å²) in [7, 11) is 0. The van der Waals surface area contributed by atoms with Crippen LogP contribution in [0.5, 0.6) is 0 Å². The summed E-state index contributed by atoms with van der Waals surface area (Å²) in [5.74, 6) is 0. The highest BCUT2D eigenvalue weighted by Gasteiger charge is 2.36. The maximum Gasteiger partial charge on any atom is 0.0249 e. The molecular formula is C13H25N3. The fourth-order valence-electron chi connectivity index (χ4n) is 3.74. The lowest BCUT2D eigenvalue weighted by molar-refractivity contribution is 0.173. The van der Waals surface area contributed by atoms with Crippen LogP contribution in [0.25, 0.3) is 0 Å². The van der Waals surface area contributed by atoms with E-state index in [-0.39, 0.29) is 0 Å². The van der Waals surface area contributed by atoms with Crippen molar-refractivity contribution in [3.63, 3.8) is 0 Å². The molecule has 3 saturated heterocycles. The normalized spacial score (nSPS) is 40.9. The third-order valence-corrected chi connectivity index (χ3v) is 4.60. The first-order valence-electron chi connectivity index (χ1n) is 7.14. The molecule has 0 aromatic rings. The molecule has 0 saturated carbocycles. The van der Waals surface area contributed by atoms with Gasteiger partial charge in [-0.1, -0.05) is 6.42 Å². The molecule has 0 bridgehead atoms. The molecule has 0 aliphatic carbocycles. The predicted molar refractivity (Wildman–Crippen MR) is 66.6 cm³/mol. The molecule has 92 valence electrons. The Morgan fingerprint density at radius 3 is 2.88 bits per heavy atom. The van der Waals surface area contributed by atoms with Gasteiger partial charge in [0.2, 0.25) is 0 Å². The van der Waals surface area contributed by atoms with Crippen LogP contribution >= 0.6 is 0 Å². The first-order chi connectivity index (χ1) is 7.93. The van der Waals surface area contributed by atoms with E-state index in [2.05, 4.69) is 15.5 Å². The van der Waals surface area contributed by atoms with Crippen LogP contribution < -0.4 is 10.6 Å². The highest BCUT2D eigenvalue weighted by Crippen LogP contribution is 2.27. The van der Waals surface area contributed by atoms with E-state index in [1.165, 1.54) is 64.7 Å². The lowest BCUT2D eigenvalue weighted by Gasteiger charge is -2.35. The molecule has 3 fully saturated rings. The van der Waals surface area contributed by atoms with Gasteiger partial charge in [0.15, 0.2) is 0 Å². The summed E-state index contributed by atoms with van der Waals surface area (Å²) in [5.41, 5.74) is 0. The monoisotopic (exact) mass is 223 g/mol. The zero-order chi connectivity index (χ0) is 10.8. The topological polar surface area (TPSA) is 27.3 Å². The summed E-state index contributed by atoms with van der Waals surface area (Å²) < 4.78 is 0. The lowest BCUT2D eigenvalue weighted by atomic mass is 9.97. The minimum atomic E-state index is 0.737. The number of hydrogen-bond acceptors (Lipinski definition) is 3. The van der Waals surface area contributed by atoms with E-state index < -0.39 is 0 Å². The van der Waals surface area contributed by atoms with Gasteiger partial charge in [-0.25, -0.2) is 0 Å². The van der Waals surface area contributed by atoms with E-state index in [0.29, 0.717) is 0 Å². The van der Waals surface area contributed by atoms with Gasteiger partial charge in [0, 0.05) is 31.2 Å². The summed E-state index contributed by atoms with van der Waals surface area (Å²) in [6.45, 7) is 5.09. The number of hydrogen-bond donors (Lipinski definition) is 2. The number of rotatable bonds is 2. The second-order valence-corrected chi connectivity index (χ2v) is 5.70. The summed E-state index contributed by atoms with van der Waals surface area (Å²) in [4.78, 5) is 2.72. The molecule has 0 amide bonds. The summed E-state index contributed by atoms with van der Waals surface area (Å²) in [6.07, 6.45) is 8.39. The molecule has 0 aromatic carbocycles. The van der Waals surface area contributed by atoms with Crippen molar-refractivity contribution in [3.05, 3.63) is 0 Å². The number of fused-ring (bicyclic) bond motifs is 1. The average molecular weight is 223 g/mol. The summed E-state index contributed by atoms with van der Waals surface area (Å²) in [6, 6.07) is 2.38. The SMILES string of the molecule is C1CNCC(NC2CCN3CCCCC23)C1. The van der Waals surface area contributed by atoms with Crippen molar-refractivity contribution in [2.24, 2.45) is 0 Å². The van der Waals surface area contributed by atoms with Gasteiger partial charge in [0.05, 0.1) is 0 Å². The standard InChI is InChI=1S/C13H25N3/c1-2-8-16-9-6-12(13(16)5-1)15-11-4-3-7-14-10-11/h11-15H,1-10H2. The Hall–Kier alpha value is -0.120. The maximum absolute atomic E-state index is 3.91. The van der Waals surface area contributed by atoms with Crippen molar-refractivity contribution < 1.29 is 0 Å². The van der Waals surface area contributed by atoms with E-state index in [1.54, 1.807) is 0 Å².